The minimum Gasteiger partial charge on any atom is -0.394 e. The highest BCUT2D eigenvalue weighted by Gasteiger charge is 2.36. The van der Waals surface area contributed by atoms with E-state index in [0.29, 0.717) is 46.9 Å². The Labute approximate surface area is 223 Å². The number of morpholine rings is 1. The van der Waals surface area contributed by atoms with Gasteiger partial charge >= 0.3 is 6.18 Å². The van der Waals surface area contributed by atoms with Crippen LogP contribution in [0.3, 0.4) is 0 Å². The molecule has 1 unspecified atom stereocenters. The van der Waals surface area contributed by atoms with Crippen LogP contribution in [0.4, 0.5) is 13.2 Å². The van der Waals surface area contributed by atoms with E-state index in [9.17, 15) is 23.1 Å². The number of hydrogen-bond acceptors (Lipinski definition) is 6. The van der Waals surface area contributed by atoms with E-state index >= 15 is 0 Å². The van der Waals surface area contributed by atoms with Gasteiger partial charge in [-0.25, -0.2) is 0 Å². The lowest BCUT2D eigenvalue weighted by Crippen LogP contribution is -2.45. The second-order valence-corrected chi connectivity index (χ2v) is 10.3. The average Bonchev–Trinajstić information content (AvgIpc) is 3.45. The predicted molar refractivity (Wildman–Crippen MR) is 137 cm³/mol. The number of alkyl halides is 3. The molecule has 2 N–H and O–H groups in total. The number of fused-ring (bicyclic) bond motifs is 1. The monoisotopic (exact) mass is 570 g/mol. The fourth-order valence-electron chi connectivity index (χ4n) is 4.27. The zero-order valence-electron chi connectivity index (χ0n) is 19.0. The van der Waals surface area contributed by atoms with E-state index in [-0.39, 0.29) is 33.7 Å². The van der Waals surface area contributed by atoms with Crippen molar-refractivity contribution in [2.24, 2.45) is 4.99 Å². The Morgan fingerprint density at radius 1 is 1.24 bits per heavy atom. The van der Waals surface area contributed by atoms with E-state index in [0.717, 1.165) is 17.8 Å². The molecule has 0 bridgehead atoms. The van der Waals surface area contributed by atoms with Gasteiger partial charge in [-0.1, -0.05) is 35.3 Å². The highest BCUT2D eigenvalue weighted by Crippen LogP contribution is 2.41. The molecule has 1 atom stereocenters. The van der Waals surface area contributed by atoms with Crippen molar-refractivity contribution in [1.82, 2.24) is 15.1 Å². The zero-order chi connectivity index (χ0) is 26.3. The van der Waals surface area contributed by atoms with Gasteiger partial charge in [0.2, 0.25) is 0 Å². The summed E-state index contributed by atoms with van der Waals surface area (Å²) in [5.74, 6) is -0.553. The molecule has 5 rings (SSSR count). The number of aliphatic hydroxyl groups excluding tert-OH is 1. The topological polar surface area (TPSA) is 90.8 Å². The number of halogens is 5. The molecule has 0 spiro atoms. The van der Waals surface area contributed by atoms with Crippen molar-refractivity contribution in [1.29, 1.82) is 0 Å². The van der Waals surface area contributed by atoms with E-state index in [1.54, 1.807) is 18.2 Å². The molecule has 0 aliphatic carbocycles. The molecule has 3 heterocycles. The highest BCUT2D eigenvalue weighted by molar-refractivity contribution is 8.18. The summed E-state index contributed by atoms with van der Waals surface area (Å²) in [5, 5.41) is 17.4. The highest BCUT2D eigenvalue weighted by atomic mass is 35.5. The third kappa shape index (κ3) is 5.37. The van der Waals surface area contributed by atoms with Gasteiger partial charge in [-0.05, 0) is 59.1 Å². The van der Waals surface area contributed by atoms with Crippen molar-refractivity contribution in [3.8, 4) is 0 Å². The maximum Gasteiger partial charge on any atom is 0.416 e. The average molecular weight is 571 g/mol. The zero-order valence-corrected chi connectivity index (χ0v) is 21.3. The number of carbonyl (C=O) groups excluding carboxylic acids is 1. The molecule has 7 nitrogen and oxygen atoms in total. The fourth-order valence-corrected chi connectivity index (χ4v) is 5.69. The van der Waals surface area contributed by atoms with Crippen LogP contribution in [0.2, 0.25) is 10.2 Å². The Kier molecular flexibility index (Phi) is 7.25. The number of benzene rings is 2. The largest absolute Gasteiger partial charge is 0.416 e. The number of ether oxygens (including phenoxy) is 1. The first-order valence-electron chi connectivity index (χ1n) is 11.1. The summed E-state index contributed by atoms with van der Waals surface area (Å²) in [6.45, 7) is 0.966. The number of aromatic amines is 1. The van der Waals surface area contributed by atoms with E-state index in [1.807, 2.05) is 4.90 Å². The molecule has 1 fully saturated rings. The second kappa shape index (κ2) is 10.3. The number of H-pyrrole nitrogens is 1. The Morgan fingerprint density at radius 2 is 2.05 bits per heavy atom. The van der Waals surface area contributed by atoms with Crippen molar-refractivity contribution >= 4 is 62.5 Å². The number of nitrogens with one attached hydrogen (secondary N) is 1. The lowest BCUT2D eigenvalue weighted by atomic mass is 9.93. The summed E-state index contributed by atoms with van der Waals surface area (Å²) in [4.78, 5) is 19.4. The molecule has 0 radical (unpaired) electrons. The molecule has 3 aromatic rings. The van der Waals surface area contributed by atoms with Crippen LogP contribution in [0.1, 0.15) is 16.7 Å². The molecule has 194 valence electrons. The minimum absolute atomic E-state index is 0.0358. The van der Waals surface area contributed by atoms with Crippen LogP contribution in [0.5, 0.6) is 0 Å². The lowest BCUT2D eigenvalue weighted by Gasteiger charge is -2.32. The fraction of sp³-hybridized carbons (Fsp3) is 0.292. The smallest absolute Gasteiger partial charge is 0.394 e. The van der Waals surface area contributed by atoms with Crippen LogP contribution in [0, 0.1) is 0 Å². The van der Waals surface area contributed by atoms with E-state index < -0.39 is 23.8 Å². The quantitative estimate of drug-likeness (QED) is 0.421. The normalized spacial score (nSPS) is 20.1. The number of aromatic nitrogens is 2. The summed E-state index contributed by atoms with van der Waals surface area (Å²) < 4.78 is 47.1. The number of hydrogen-bond donors (Lipinski definition) is 2. The second-order valence-electron chi connectivity index (χ2n) is 8.48. The van der Waals surface area contributed by atoms with Crippen LogP contribution in [-0.2, 0) is 22.1 Å². The van der Waals surface area contributed by atoms with Gasteiger partial charge in [-0.3, -0.25) is 9.89 Å². The maximum atomic E-state index is 13.9. The molecule has 2 aromatic carbocycles. The van der Waals surface area contributed by atoms with Gasteiger partial charge in [-0.2, -0.15) is 23.3 Å². The van der Waals surface area contributed by atoms with E-state index in [2.05, 4.69) is 15.2 Å². The third-order valence-corrected chi connectivity index (χ3v) is 7.76. The maximum absolute atomic E-state index is 13.9. The van der Waals surface area contributed by atoms with Crippen molar-refractivity contribution in [2.75, 3.05) is 26.3 Å². The van der Waals surface area contributed by atoms with Gasteiger partial charge in [0.15, 0.2) is 10.3 Å². The molecule has 1 aromatic heterocycles. The Hall–Kier alpha value is -2.57. The molecular formula is C24H19Cl2F3N4O3S. The minimum atomic E-state index is -4.64. The van der Waals surface area contributed by atoms with Crippen LogP contribution in [0.25, 0.3) is 16.5 Å². The molecule has 1 saturated heterocycles. The van der Waals surface area contributed by atoms with Crippen LogP contribution in [0.15, 0.2) is 46.3 Å². The SMILES string of the molecule is O=C1N=C(N2CCOC(CO)C2)SC1=C(Cc1ccc(Cl)cc1C(F)(F)F)c1ccc2[nH]nc(Cl)c2c1. The van der Waals surface area contributed by atoms with Gasteiger partial charge in [0.1, 0.15) is 0 Å². The standard InChI is InChI=1S/C24H19Cl2F3N4O3S/c25-14-3-1-13(18(9-14)24(27,28)29)8-16(12-2-4-19-17(7-12)21(26)32-31-19)20-22(35)30-23(37-20)33-5-6-36-15(10-33)11-34/h1-4,7,9,15,34H,5-6,8,10-11H2,(H,31,32). The molecule has 0 saturated carbocycles. The number of allylic oxidation sites excluding steroid dienone is 1. The van der Waals surface area contributed by atoms with Crippen LogP contribution in [-0.4, -0.2) is 63.7 Å². The van der Waals surface area contributed by atoms with E-state index in [1.165, 1.54) is 12.1 Å². The van der Waals surface area contributed by atoms with Gasteiger partial charge < -0.3 is 14.7 Å². The number of rotatable bonds is 4. The van der Waals surface area contributed by atoms with Crippen molar-refractivity contribution in [3.05, 3.63) is 68.2 Å². The first kappa shape index (κ1) is 26.1. The first-order valence-corrected chi connectivity index (χ1v) is 12.7. The lowest BCUT2D eigenvalue weighted by molar-refractivity contribution is -0.138. The molecule has 2 aliphatic rings. The summed E-state index contributed by atoms with van der Waals surface area (Å²) >= 11 is 13.2. The molecule has 37 heavy (non-hydrogen) atoms. The number of amides is 1. The molecule has 1 amide bonds. The van der Waals surface area contributed by atoms with Gasteiger partial charge in [-0.15, -0.1) is 0 Å². The summed E-state index contributed by atoms with van der Waals surface area (Å²) in [6.07, 6.45) is -5.27. The summed E-state index contributed by atoms with van der Waals surface area (Å²) in [7, 11) is 0. The van der Waals surface area contributed by atoms with Crippen LogP contribution < -0.4 is 0 Å². The summed E-state index contributed by atoms with van der Waals surface area (Å²) in [6, 6.07) is 8.67. The molecule has 13 heteroatoms. The number of carbonyl (C=O) groups is 1. The van der Waals surface area contributed by atoms with E-state index in [4.69, 9.17) is 27.9 Å². The molecule has 2 aliphatic heterocycles. The van der Waals surface area contributed by atoms with Crippen molar-refractivity contribution in [2.45, 2.75) is 18.7 Å². The van der Waals surface area contributed by atoms with Crippen molar-refractivity contribution < 1.29 is 27.8 Å². The molecular weight excluding hydrogens is 552 g/mol. The third-order valence-electron chi connectivity index (χ3n) is 6.08. The predicted octanol–water partition coefficient (Wildman–Crippen LogP) is 5.16. The Morgan fingerprint density at radius 3 is 2.81 bits per heavy atom. The first-order chi connectivity index (χ1) is 17.6. The van der Waals surface area contributed by atoms with Gasteiger partial charge in [0, 0.05) is 23.5 Å². The van der Waals surface area contributed by atoms with Gasteiger partial charge in [0.25, 0.3) is 5.91 Å². The van der Waals surface area contributed by atoms with Crippen molar-refractivity contribution in [3.63, 3.8) is 0 Å². The Balaban J connectivity index is 1.59. The summed E-state index contributed by atoms with van der Waals surface area (Å²) in [5.41, 5.74) is 0.614. The number of nitrogens with zero attached hydrogens (tertiary/aromatic N) is 3. The number of amidine groups is 1. The number of aliphatic hydroxyl groups is 1. The number of thioether (sulfide) groups is 1. The van der Waals surface area contributed by atoms with Crippen LogP contribution >= 0.6 is 35.0 Å². The van der Waals surface area contributed by atoms with Gasteiger partial charge in [0.05, 0.1) is 35.3 Å². The Bertz CT molecular complexity index is 1440. The number of aliphatic imine (C=N–C) groups is 1.